The summed E-state index contributed by atoms with van der Waals surface area (Å²) in [6.07, 6.45) is 0. The molecule has 0 bridgehead atoms. The summed E-state index contributed by atoms with van der Waals surface area (Å²) in [6, 6.07) is 11.4. The molecule has 2 aromatic carbocycles. The summed E-state index contributed by atoms with van der Waals surface area (Å²) in [5.74, 6) is 0.664. The van der Waals surface area contributed by atoms with Crippen LogP contribution in [0.3, 0.4) is 0 Å². The zero-order chi connectivity index (χ0) is 19.9. The Balaban J connectivity index is 1.63. The third kappa shape index (κ3) is 4.88. The summed E-state index contributed by atoms with van der Waals surface area (Å²) in [5.41, 5.74) is 2.62. The predicted molar refractivity (Wildman–Crippen MR) is 110 cm³/mol. The number of carbonyl (C=O) groups is 1. The molecule has 2 aromatic rings. The van der Waals surface area contributed by atoms with Crippen molar-refractivity contribution in [3.63, 3.8) is 0 Å². The quantitative estimate of drug-likeness (QED) is 0.765. The highest BCUT2D eigenvalue weighted by molar-refractivity contribution is 6.32. The summed E-state index contributed by atoms with van der Waals surface area (Å²) >= 11 is 6.25. The lowest BCUT2D eigenvalue weighted by Crippen LogP contribution is -2.36. The molecule has 1 aliphatic heterocycles. The van der Waals surface area contributed by atoms with E-state index < -0.39 is 0 Å². The monoisotopic (exact) mass is 404 g/mol. The lowest BCUT2D eigenvalue weighted by atomic mass is 10.1. The summed E-state index contributed by atoms with van der Waals surface area (Å²) in [4.78, 5) is 14.8. The van der Waals surface area contributed by atoms with Gasteiger partial charge in [0.05, 0.1) is 32.0 Å². The number of methoxy groups -OCH3 is 1. The molecule has 3 rings (SSSR count). The van der Waals surface area contributed by atoms with E-state index in [9.17, 15) is 4.79 Å². The Labute approximate surface area is 170 Å². The van der Waals surface area contributed by atoms with Gasteiger partial charge in [0.2, 0.25) is 0 Å². The molecule has 28 heavy (non-hydrogen) atoms. The van der Waals surface area contributed by atoms with Crippen molar-refractivity contribution < 1.29 is 19.0 Å². The van der Waals surface area contributed by atoms with Gasteiger partial charge in [0.25, 0.3) is 5.91 Å². The van der Waals surface area contributed by atoms with Crippen LogP contribution in [-0.4, -0.2) is 45.9 Å². The van der Waals surface area contributed by atoms with E-state index in [0.29, 0.717) is 35.2 Å². The van der Waals surface area contributed by atoms with Gasteiger partial charge in [-0.15, -0.1) is 0 Å². The van der Waals surface area contributed by atoms with Gasteiger partial charge in [0.15, 0.2) is 11.5 Å². The maximum absolute atomic E-state index is 12.5. The second kappa shape index (κ2) is 9.66. The molecule has 1 amide bonds. The van der Waals surface area contributed by atoms with Crippen LogP contribution in [0.1, 0.15) is 22.8 Å². The number of amides is 1. The second-order valence-electron chi connectivity index (χ2n) is 6.37. The van der Waals surface area contributed by atoms with E-state index in [1.54, 1.807) is 12.1 Å². The van der Waals surface area contributed by atoms with Crippen molar-refractivity contribution in [1.82, 2.24) is 5.32 Å². The number of ether oxygens (including phenoxy) is 3. The standard InChI is InChI=1S/C21H25ClN2O4/c1-3-28-20-18(22)12-16(13-19(20)26-2)21(25)23-14-15-4-6-17(7-5-15)24-8-10-27-11-9-24/h4-7,12-13H,3,8-11,14H2,1-2H3,(H,23,25). The zero-order valence-corrected chi connectivity index (χ0v) is 16.9. The predicted octanol–water partition coefficient (Wildman–Crippen LogP) is 3.51. The highest BCUT2D eigenvalue weighted by Crippen LogP contribution is 2.36. The summed E-state index contributed by atoms with van der Waals surface area (Å²) in [6.45, 7) is 6.06. The van der Waals surface area contributed by atoms with Gasteiger partial charge >= 0.3 is 0 Å². The maximum Gasteiger partial charge on any atom is 0.251 e. The first-order valence-corrected chi connectivity index (χ1v) is 9.70. The third-order valence-electron chi connectivity index (χ3n) is 4.55. The summed E-state index contributed by atoms with van der Waals surface area (Å²) in [7, 11) is 1.52. The van der Waals surface area contributed by atoms with Gasteiger partial charge in [-0.05, 0) is 36.8 Å². The van der Waals surface area contributed by atoms with Crippen molar-refractivity contribution in [2.75, 3.05) is 44.9 Å². The number of anilines is 1. The minimum atomic E-state index is -0.222. The molecule has 0 aromatic heterocycles. The minimum Gasteiger partial charge on any atom is -0.493 e. The van der Waals surface area contributed by atoms with Crippen molar-refractivity contribution in [3.05, 3.63) is 52.5 Å². The van der Waals surface area contributed by atoms with Gasteiger partial charge in [-0.2, -0.15) is 0 Å². The molecule has 1 aliphatic rings. The van der Waals surface area contributed by atoms with Crippen LogP contribution in [0, 0.1) is 0 Å². The number of halogens is 1. The van der Waals surface area contributed by atoms with Gasteiger partial charge in [-0.1, -0.05) is 23.7 Å². The van der Waals surface area contributed by atoms with E-state index in [1.807, 2.05) is 19.1 Å². The maximum atomic E-state index is 12.5. The van der Waals surface area contributed by atoms with Crippen LogP contribution >= 0.6 is 11.6 Å². The second-order valence-corrected chi connectivity index (χ2v) is 6.78. The van der Waals surface area contributed by atoms with Crippen LogP contribution in [-0.2, 0) is 11.3 Å². The number of nitrogens with zero attached hydrogens (tertiary/aromatic N) is 1. The van der Waals surface area contributed by atoms with Crippen molar-refractivity contribution in [2.45, 2.75) is 13.5 Å². The fourth-order valence-corrected chi connectivity index (χ4v) is 3.33. The van der Waals surface area contributed by atoms with E-state index in [4.69, 9.17) is 25.8 Å². The van der Waals surface area contributed by atoms with Crippen molar-refractivity contribution in [2.24, 2.45) is 0 Å². The highest BCUT2D eigenvalue weighted by atomic mass is 35.5. The van der Waals surface area contributed by atoms with E-state index in [0.717, 1.165) is 31.9 Å². The third-order valence-corrected chi connectivity index (χ3v) is 4.83. The molecular formula is C21H25ClN2O4. The average Bonchev–Trinajstić information content (AvgIpc) is 2.74. The number of carbonyl (C=O) groups excluding carboxylic acids is 1. The number of benzene rings is 2. The fourth-order valence-electron chi connectivity index (χ4n) is 3.07. The Morgan fingerprint density at radius 3 is 2.57 bits per heavy atom. The topological polar surface area (TPSA) is 60.0 Å². The Hall–Kier alpha value is -2.44. The Bertz CT molecular complexity index is 805. The molecule has 0 atom stereocenters. The Morgan fingerprint density at radius 2 is 1.93 bits per heavy atom. The fraction of sp³-hybridized carbons (Fsp3) is 0.381. The first-order chi connectivity index (χ1) is 13.6. The van der Waals surface area contributed by atoms with Crippen molar-refractivity contribution in [1.29, 1.82) is 0 Å². The number of nitrogens with one attached hydrogen (secondary N) is 1. The van der Waals surface area contributed by atoms with E-state index in [1.165, 1.54) is 12.8 Å². The molecule has 6 nitrogen and oxygen atoms in total. The van der Waals surface area contributed by atoms with Crippen LogP contribution in [0.2, 0.25) is 5.02 Å². The molecule has 1 heterocycles. The molecule has 0 radical (unpaired) electrons. The minimum absolute atomic E-state index is 0.222. The molecule has 0 unspecified atom stereocenters. The summed E-state index contributed by atoms with van der Waals surface area (Å²) in [5, 5.41) is 3.27. The largest absolute Gasteiger partial charge is 0.493 e. The van der Waals surface area contributed by atoms with Crippen LogP contribution in [0.5, 0.6) is 11.5 Å². The molecular weight excluding hydrogens is 380 g/mol. The van der Waals surface area contributed by atoms with Gasteiger partial charge in [-0.3, -0.25) is 4.79 Å². The average molecular weight is 405 g/mol. The molecule has 0 spiro atoms. The lowest BCUT2D eigenvalue weighted by Gasteiger charge is -2.28. The lowest BCUT2D eigenvalue weighted by molar-refractivity contribution is 0.0950. The number of rotatable bonds is 7. The summed E-state index contributed by atoms with van der Waals surface area (Å²) < 4.78 is 16.2. The SMILES string of the molecule is CCOc1c(Cl)cc(C(=O)NCc2ccc(N3CCOCC3)cc2)cc1OC. The first kappa shape index (κ1) is 20.3. The number of morpholine rings is 1. The normalized spacial score (nSPS) is 13.9. The molecule has 150 valence electrons. The van der Waals surface area contributed by atoms with Gasteiger partial charge < -0.3 is 24.4 Å². The molecule has 1 saturated heterocycles. The van der Waals surface area contributed by atoms with Crippen LogP contribution in [0.4, 0.5) is 5.69 Å². The molecule has 1 N–H and O–H groups in total. The van der Waals surface area contributed by atoms with Gasteiger partial charge in [-0.25, -0.2) is 0 Å². The van der Waals surface area contributed by atoms with Gasteiger partial charge in [0.1, 0.15) is 0 Å². The molecule has 0 aliphatic carbocycles. The van der Waals surface area contributed by atoms with E-state index in [-0.39, 0.29) is 5.91 Å². The van der Waals surface area contributed by atoms with Crippen molar-refractivity contribution >= 4 is 23.2 Å². The highest BCUT2D eigenvalue weighted by Gasteiger charge is 2.16. The Kier molecular flexibility index (Phi) is 7.01. The van der Waals surface area contributed by atoms with Crippen LogP contribution in [0.25, 0.3) is 0 Å². The smallest absolute Gasteiger partial charge is 0.251 e. The Morgan fingerprint density at radius 1 is 1.21 bits per heavy atom. The van der Waals surface area contributed by atoms with Crippen LogP contribution in [0.15, 0.2) is 36.4 Å². The number of hydrogen-bond acceptors (Lipinski definition) is 5. The van der Waals surface area contributed by atoms with E-state index in [2.05, 4.69) is 22.3 Å². The van der Waals surface area contributed by atoms with Crippen molar-refractivity contribution in [3.8, 4) is 11.5 Å². The first-order valence-electron chi connectivity index (χ1n) is 9.32. The van der Waals surface area contributed by atoms with Gasteiger partial charge in [0, 0.05) is 30.9 Å². The molecule has 1 fully saturated rings. The zero-order valence-electron chi connectivity index (χ0n) is 16.2. The molecule has 0 saturated carbocycles. The van der Waals surface area contributed by atoms with Crippen LogP contribution < -0.4 is 19.7 Å². The number of hydrogen-bond donors (Lipinski definition) is 1. The van der Waals surface area contributed by atoms with E-state index >= 15 is 0 Å². The molecule has 7 heteroatoms.